The van der Waals surface area contributed by atoms with Gasteiger partial charge in [0.05, 0.1) is 23.6 Å². The standard InChI is InChI=1S/C31H43N7O3/c1-3-23-20-36(31(40)38-16-6-8-26(38)21-9-10-21)17-18-37(23)27-12-11-25(24-7-5-14-33-30(24)41-4-2)35-28(27)29(39)34-22-13-15-32-19-22/h5,7,11-12,14,21-23,26,32H,3-4,6,8-10,13,15-20H2,1-2H3,(H,34,39)/t22-,23-,26-/m1/s1. The van der Waals surface area contributed by atoms with Gasteiger partial charge in [0.15, 0.2) is 5.69 Å². The fraction of sp³-hybridized carbons (Fsp3) is 0.613. The van der Waals surface area contributed by atoms with Gasteiger partial charge in [-0.25, -0.2) is 14.8 Å². The number of pyridine rings is 2. The smallest absolute Gasteiger partial charge is 0.320 e. The second kappa shape index (κ2) is 12.2. The van der Waals surface area contributed by atoms with E-state index in [1.807, 2.05) is 36.1 Å². The van der Waals surface area contributed by atoms with Crippen molar-refractivity contribution in [1.82, 2.24) is 30.4 Å². The molecule has 220 valence electrons. The second-order valence-electron chi connectivity index (χ2n) is 11.7. The Kier molecular flexibility index (Phi) is 8.27. The Morgan fingerprint density at radius 2 is 1.98 bits per heavy atom. The monoisotopic (exact) mass is 561 g/mol. The van der Waals surface area contributed by atoms with Gasteiger partial charge in [0, 0.05) is 57.0 Å². The lowest BCUT2D eigenvalue weighted by Gasteiger charge is -2.44. The van der Waals surface area contributed by atoms with Crippen LogP contribution in [0.15, 0.2) is 30.5 Å². The van der Waals surface area contributed by atoms with E-state index in [2.05, 4.69) is 32.3 Å². The Morgan fingerprint density at radius 1 is 1.10 bits per heavy atom. The number of aromatic nitrogens is 2. The van der Waals surface area contributed by atoms with Gasteiger partial charge in [-0.3, -0.25) is 4.79 Å². The number of piperazine rings is 1. The molecule has 2 N–H and O–H groups in total. The third-order valence-corrected chi connectivity index (χ3v) is 9.06. The summed E-state index contributed by atoms with van der Waals surface area (Å²) < 4.78 is 5.77. The molecule has 0 bridgehead atoms. The summed E-state index contributed by atoms with van der Waals surface area (Å²) in [6, 6.07) is 8.54. The summed E-state index contributed by atoms with van der Waals surface area (Å²) in [5.41, 5.74) is 2.64. The lowest BCUT2D eigenvalue weighted by molar-refractivity contribution is 0.0934. The van der Waals surface area contributed by atoms with Gasteiger partial charge in [-0.15, -0.1) is 0 Å². The molecule has 5 heterocycles. The molecule has 0 spiro atoms. The summed E-state index contributed by atoms with van der Waals surface area (Å²) in [6.45, 7) is 9.05. The highest BCUT2D eigenvalue weighted by molar-refractivity contribution is 5.99. The number of hydrogen-bond donors (Lipinski definition) is 2. The van der Waals surface area contributed by atoms with E-state index in [1.54, 1.807) is 6.20 Å². The minimum Gasteiger partial charge on any atom is -0.477 e. The largest absolute Gasteiger partial charge is 0.477 e. The first-order chi connectivity index (χ1) is 20.1. The van der Waals surface area contributed by atoms with Crippen LogP contribution in [0.3, 0.4) is 0 Å². The second-order valence-corrected chi connectivity index (χ2v) is 11.7. The molecule has 3 saturated heterocycles. The molecule has 10 nitrogen and oxygen atoms in total. The maximum atomic E-state index is 13.8. The molecule has 1 aliphatic carbocycles. The Bertz CT molecular complexity index is 1250. The molecule has 2 aromatic heterocycles. The molecule has 0 aromatic carbocycles. The van der Waals surface area contributed by atoms with Crippen LogP contribution in [0.2, 0.25) is 0 Å². The van der Waals surface area contributed by atoms with E-state index in [0.29, 0.717) is 55.5 Å². The first-order valence-corrected chi connectivity index (χ1v) is 15.5. The highest BCUT2D eigenvalue weighted by Gasteiger charge is 2.42. The van der Waals surface area contributed by atoms with Crippen LogP contribution in [0, 0.1) is 5.92 Å². The normalized spacial score (nSPS) is 24.5. The van der Waals surface area contributed by atoms with E-state index >= 15 is 0 Å². The van der Waals surface area contributed by atoms with Crippen LogP contribution in [-0.4, -0.2) is 95.7 Å². The summed E-state index contributed by atoms with van der Waals surface area (Å²) >= 11 is 0. The van der Waals surface area contributed by atoms with Crippen LogP contribution in [0.5, 0.6) is 5.88 Å². The SMILES string of the molecule is CCOc1ncccc1-c1ccc(N2CCN(C(=O)N3CCC[C@@H]3C3CC3)C[C@H]2CC)c(C(=O)N[C@@H]2CCNC2)n1. The van der Waals surface area contributed by atoms with Gasteiger partial charge in [0.1, 0.15) is 0 Å². The van der Waals surface area contributed by atoms with Crippen molar-refractivity contribution in [1.29, 1.82) is 0 Å². The minimum absolute atomic E-state index is 0.0782. The maximum Gasteiger partial charge on any atom is 0.320 e. The first kappa shape index (κ1) is 27.8. The Balaban J connectivity index is 1.27. The molecule has 0 unspecified atom stereocenters. The Hall–Kier alpha value is -3.40. The average molecular weight is 562 g/mol. The number of nitrogens with zero attached hydrogens (tertiary/aromatic N) is 5. The van der Waals surface area contributed by atoms with Crippen molar-refractivity contribution in [3.05, 3.63) is 36.2 Å². The van der Waals surface area contributed by atoms with Crippen molar-refractivity contribution in [3.8, 4) is 17.1 Å². The number of nitrogens with one attached hydrogen (secondary N) is 2. The lowest BCUT2D eigenvalue weighted by atomic mass is 10.1. The molecule has 10 heteroatoms. The quantitative estimate of drug-likeness (QED) is 0.508. The number of urea groups is 1. The number of hydrogen-bond acceptors (Lipinski definition) is 7. The van der Waals surface area contributed by atoms with Crippen LogP contribution in [0.1, 0.15) is 62.9 Å². The molecule has 2 aromatic rings. The fourth-order valence-electron chi connectivity index (χ4n) is 6.75. The summed E-state index contributed by atoms with van der Waals surface area (Å²) in [4.78, 5) is 43.2. The van der Waals surface area contributed by atoms with Crippen molar-refractivity contribution in [2.24, 2.45) is 5.92 Å². The van der Waals surface area contributed by atoms with E-state index in [4.69, 9.17) is 9.72 Å². The van der Waals surface area contributed by atoms with E-state index in [0.717, 1.165) is 56.6 Å². The predicted octanol–water partition coefficient (Wildman–Crippen LogP) is 3.53. The zero-order chi connectivity index (χ0) is 28.3. The molecule has 6 rings (SSSR count). The van der Waals surface area contributed by atoms with Crippen molar-refractivity contribution in [2.75, 3.05) is 50.8 Å². The van der Waals surface area contributed by atoms with Gasteiger partial charge in [-0.1, -0.05) is 6.92 Å². The lowest BCUT2D eigenvalue weighted by Crippen LogP contribution is -2.58. The average Bonchev–Trinajstić information content (AvgIpc) is 3.49. The van der Waals surface area contributed by atoms with Crippen LogP contribution < -0.4 is 20.3 Å². The summed E-state index contributed by atoms with van der Waals surface area (Å²) in [5.74, 6) is 1.04. The van der Waals surface area contributed by atoms with Crippen LogP contribution in [0.4, 0.5) is 10.5 Å². The van der Waals surface area contributed by atoms with Crippen molar-refractivity contribution in [3.63, 3.8) is 0 Å². The van der Waals surface area contributed by atoms with Gasteiger partial charge in [-0.05, 0) is 82.2 Å². The van der Waals surface area contributed by atoms with Gasteiger partial charge in [0.2, 0.25) is 5.88 Å². The number of ether oxygens (including phenoxy) is 1. The van der Waals surface area contributed by atoms with Gasteiger partial charge in [-0.2, -0.15) is 0 Å². The third-order valence-electron chi connectivity index (χ3n) is 9.06. The number of rotatable bonds is 8. The number of amides is 3. The minimum atomic E-state index is -0.171. The van der Waals surface area contributed by atoms with Gasteiger partial charge >= 0.3 is 6.03 Å². The number of carbonyl (C=O) groups excluding carboxylic acids is 2. The van der Waals surface area contributed by atoms with Crippen molar-refractivity contribution in [2.45, 2.75) is 70.5 Å². The predicted molar refractivity (Wildman–Crippen MR) is 158 cm³/mol. The molecule has 0 radical (unpaired) electrons. The Morgan fingerprint density at radius 3 is 2.73 bits per heavy atom. The fourth-order valence-corrected chi connectivity index (χ4v) is 6.75. The number of anilines is 1. The molecular weight excluding hydrogens is 518 g/mol. The molecule has 3 atom stereocenters. The third kappa shape index (κ3) is 5.84. The summed E-state index contributed by atoms with van der Waals surface area (Å²) in [5, 5.41) is 6.53. The Labute approximate surface area is 242 Å². The molecule has 41 heavy (non-hydrogen) atoms. The summed E-state index contributed by atoms with van der Waals surface area (Å²) in [7, 11) is 0. The van der Waals surface area contributed by atoms with Crippen molar-refractivity contribution < 1.29 is 14.3 Å². The molecule has 3 amide bonds. The van der Waals surface area contributed by atoms with Crippen LogP contribution >= 0.6 is 0 Å². The van der Waals surface area contributed by atoms with Gasteiger partial charge < -0.3 is 30.1 Å². The first-order valence-electron chi connectivity index (χ1n) is 15.5. The topological polar surface area (TPSA) is 103 Å². The molecule has 4 aliphatic rings. The van der Waals surface area contributed by atoms with E-state index in [1.165, 1.54) is 12.8 Å². The number of carbonyl (C=O) groups is 2. The van der Waals surface area contributed by atoms with Crippen LogP contribution in [0.25, 0.3) is 11.3 Å². The van der Waals surface area contributed by atoms with Crippen LogP contribution in [-0.2, 0) is 0 Å². The van der Waals surface area contributed by atoms with Crippen molar-refractivity contribution >= 4 is 17.6 Å². The molecule has 1 saturated carbocycles. The maximum absolute atomic E-state index is 13.8. The van der Waals surface area contributed by atoms with E-state index in [9.17, 15) is 9.59 Å². The van der Waals surface area contributed by atoms with E-state index < -0.39 is 0 Å². The summed E-state index contributed by atoms with van der Waals surface area (Å²) in [6.07, 6.45) is 8.23. The van der Waals surface area contributed by atoms with E-state index in [-0.39, 0.29) is 24.0 Å². The highest BCUT2D eigenvalue weighted by atomic mass is 16.5. The van der Waals surface area contributed by atoms with Gasteiger partial charge in [0.25, 0.3) is 5.91 Å². The zero-order valence-corrected chi connectivity index (χ0v) is 24.3. The molecule has 3 aliphatic heterocycles. The molecular formula is C31H43N7O3. The molecule has 4 fully saturated rings. The highest BCUT2D eigenvalue weighted by Crippen LogP contribution is 2.40. The zero-order valence-electron chi connectivity index (χ0n) is 24.3. The number of likely N-dealkylation sites (tertiary alicyclic amines) is 1.